The molecule has 1 aromatic rings. The number of carbonyl (C=O) groups excluding carboxylic acids is 1. The molecule has 0 saturated carbocycles. The molecule has 2 N–H and O–H groups in total. The molecule has 1 fully saturated rings. The minimum atomic E-state index is -0.0703. The van der Waals surface area contributed by atoms with Gasteiger partial charge in [0.05, 0.1) is 18.7 Å². The number of nitrogens with zero attached hydrogens (tertiary/aromatic N) is 1. The van der Waals surface area contributed by atoms with Crippen molar-refractivity contribution in [3.8, 4) is 11.5 Å². The number of likely N-dealkylation sites (tertiary alicyclic amines) is 1. The fourth-order valence-corrected chi connectivity index (χ4v) is 3.02. The van der Waals surface area contributed by atoms with Crippen LogP contribution in [0.25, 0.3) is 0 Å². The van der Waals surface area contributed by atoms with Gasteiger partial charge in [0.2, 0.25) is 0 Å². The lowest BCUT2D eigenvalue weighted by Gasteiger charge is -2.31. The van der Waals surface area contributed by atoms with E-state index in [9.17, 15) is 4.79 Å². The maximum absolute atomic E-state index is 12.7. The summed E-state index contributed by atoms with van der Waals surface area (Å²) < 4.78 is 11.1. The Kier molecular flexibility index (Phi) is 6.75. The zero-order valence-electron chi connectivity index (χ0n) is 14.7. The van der Waals surface area contributed by atoms with Gasteiger partial charge in [0.25, 0.3) is 5.91 Å². The largest absolute Gasteiger partial charge is 0.493 e. The lowest BCUT2D eigenvalue weighted by Crippen LogP contribution is -2.45. The highest BCUT2D eigenvalue weighted by Crippen LogP contribution is 2.37. The summed E-state index contributed by atoms with van der Waals surface area (Å²) in [5.41, 5.74) is 6.47. The van der Waals surface area contributed by atoms with E-state index in [1.165, 1.54) is 0 Å². The van der Waals surface area contributed by atoms with Crippen LogP contribution in [0.4, 0.5) is 0 Å². The van der Waals surface area contributed by atoms with E-state index in [0.29, 0.717) is 41.2 Å². The van der Waals surface area contributed by atoms with Crippen LogP contribution in [0.3, 0.4) is 0 Å². The van der Waals surface area contributed by atoms with Gasteiger partial charge < -0.3 is 20.1 Å². The zero-order chi connectivity index (χ0) is 17.7. The molecule has 0 aliphatic carbocycles. The highest BCUT2D eigenvalue weighted by Gasteiger charge is 2.24. The maximum Gasteiger partial charge on any atom is 0.254 e. The van der Waals surface area contributed by atoms with Crippen molar-refractivity contribution in [1.82, 2.24) is 4.90 Å². The van der Waals surface area contributed by atoms with Crippen molar-refractivity contribution in [2.75, 3.05) is 26.8 Å². The topological polar surface area (TPSA) is 64.8 Å². The summed E-state index contributed by atoms with van der Waals surface area (Å²) in [7, 11) is 1.55. The molecule has 1 amide bonds. The van der Waals surface area contributed by atoms with Gasteiger partial charge in [-0.2, -0.15) is 0 Å². The van der Waals surface area contributed by atoms with Gasteiger partial charge in [0.15, 0.2) is 11.5 Å². The van der Waals surface area contributed by atoms with Crippen LogP contribution < -0.4 is 15.2 Å². The average molecular weight is 355 g/mol. The summed E-state index contributed by atoms with van der Waals surface area (Å²) in [6.45, 7) is 6.12. The van der Waals surface area contributed by atoms with Gasteiger partial charge in [0, 0.05) is 24.7 Å². The molecule has 1 atom stereocenters. The molecule has 1 aliphatic heterocycles. The number of ether oxygens (including phenoxy) is 2. The zero-order valence-corrected chi connectivity index (χ0v) is 15.4. The standard InChI is InChI=1S/C18H27ClN2O3/c1-12(2)6-8-24-17-15(19)9-13(10-16(17)23-3)18(22)21-7-4-5-14(20)11-21/h9-10,12,14H,4-8,11,20H2,1-3H3. The van der Waals surface area contributed by atoms with Crippen molar-refractivity contribution in [3.05, 3.63) is 22.7 Å². The van der Waals surface area contributed by atoms with E-state index in [-0.39, 0.29) is 11.9 Å². The quantitative estimate of drug-likeness (QED) is 0.850. The molecule has 0 bridgehead atoms. The highest BCUT2D eigenvalue weighted by molar-refractivity contribution is 6.32. The summed E-state index contributed by atoms with van der Waals surface area (Å²) in [4.78, 5) is 14.5. The Morgan fingerprint density at radius 3 is 2.83 bits per heavy atom. The van der Waals surface area contributed by atoms with Crippen LogP contribution in [0.1, 0.15) is 43.5 Å². The first-order valence-electron chi connectivity index (χ1n) is 8.47. The second kappa shape index (κ2) is 8.58. The van der Waals surface area contributed by atoms with Crippen LogP contribution >= 0.6 is 11.6 Å². The Labute approximate surface area is 149 Å². The van der Waals surface area contributed by atoms with Crippen LogP contribution in [0.15, 0.2) is 12.1 Å². The summed E-state index contributed by atoms with van der Waals surface area (Å²) in [6.07, 6.45) is 2.80. The summed E-state index contributed by atoms with van der Waals surface area (Å²) in [5.74, 6) is 1.45. The monoisotopic (exact) mass is 354 g/mol. The number of nitrogens with two attached hydrogens (primary N) is 1. The van der Waals surface area contributed by atoms with Crippen LogP contribution in [-0.2, 0) is 0 Å². The van der Waals surface area contributed by atoms with Gasteiger partial charge in [-0.3, -0.25) is 4.79 Å². The van der Waals surface area contributed by atoms with E-state index in [0.717, 1.165) is 25.8 Å². The summed E-state index contributed by atoms with van der Waals surface area (Å²) in [5, 5.41) is 0.391. The minimum Gasteiger partial charge on any atom is -0.493 e. The molecule has 1 aliphatic rings. The predicted molar refractivity (Wildman–Crippen MR) is 96.1 cm³/mol. The normalized spacial score (nSPS) is 17.9. The molecule has 0 spiro atoms. The molecule has 1 unspecified atom stereocenters. The third-order valence-corrected chi connectivity index (χ3v) is 4.44. The van der Waals surface area contributed by atoms with Crippen LogP contribution in [-0.4, -0.2) is 43.7 Å². The number of piperidine rings is 1. The number of amides is 1. The fourth-order valence-electron chi connectivity index (χ4n) is 2.76. The Bertz CT molecular complexity index is 578. The first kappa shape index (κ1) is 18.9. The Morgan fingerprint density at radius 1 is 1.46 bits per heavy atom. The lowest BCUT2D eigenvalue weighted by molar-refractivity contribution is 0.0708. The molecule has 24 heavy (non-hydrogen) atoms. The van der Waals surface area contributed by atoms with Crippen molar-refractivity contribution in [2.24, 2.45) is 11.7 Å². The Balaban J connectivity index is 2.17. The molecular formula is C18H27ClN2O3. The van der Waals surface area contributed by atoms with Gasteiger partial charge in [-0.1, -0.05) is 25.4 Å². The fraction of sp³-hybridized carbons (Fsp3) is 0.611. The van der Waals surface area contributed by atoms with Crippen molar-refractivity contribution in [2.45, 2.75) is 39.2 Å². The third kappa shape index (κ3) is 4.77. The van der Waals surface area contributed by atoms with Gasteiger partial charge in [-0.15, -0.1) is 0 Å². The molecule has 134 valence electrons. The third-order valence-electron chi connectivity index (χ3n) is 4.16. The summed E-state index contributed by atoms with van der Waals surface area (Å²) in [6, 6.07) is 3.38. The molecule has 1 saturated heterocycles. The van der Waals surface area contributed by atoms with E-state index in [1.54, 1.807) is 24.1 Å². The molecular weight excluding hydrogens is 328 g/mol. The molecule has 1 aromatic carbocycles. The number of hydrogen-bond donors (Lipinski definition) is 1. The van der Waals surface area contributed by atoms with Crippen molar-refractivity contribution in [3.63, 3.8) is 0 Å². The Morgan fingerprint density at radius 2 is 2.21 bits per heavy atom. The number of rotatable bonds is 6. The molecule has 0 radical (unpaired) electrons. The van der Waals surface area contributed by atoms with E-state index < -0.39 is 0 Å². The van der Waals surface area contributed by atoms with Crippen molar-refractivity contribution in [1.29, 1.82) is 0 Å². The number of hydrogen-bond acceptors (Lipinski definition) is 4. The molecule has 6 heteroatoms. The first-order chi connectivity index (χ1) is 11.4. The van der Waals surface area contributed by atoms with Crippen LogP contribution in [0, 0.1) is 5.92 Å². The number of benzene rings is 1. The number of methoxy groups -OCH3 is 1. The second-order valence-electron chi connectivity index (χ2n) is 6.67. The van der Waals surface area contributed by atoms with Crippen LogP contribution in [0.2, 0.25) is 5.02 Å². The van der Waals surface area contributed by atoms with Gasteiger partial charge in [-0.05, 0) is 37.3 Å². The van der Waals surface area contributed by atoms with E-state index in [2.05, 4.69) is 13.8 Å². The van der Waals surface area contributed by atoms with Crippen LogP contribution in [0.5, 0.6) is 11.5 Å². The van der Waals surface area contributed by atoms with E-state index in [4.69, 9.17) is 26.8 Å². The smallest absolute Gasteiger partial charge is 0.254 e. The summed E-state index contributed by atoms with van der Waals surface area (Å²) >= 11 is 6.34. The molecule has 0 aromatic heterocycles. The van der Waals surface area contributed by atoms with Gasteiger partial charge >= 0.3 is 0 Å². The predicted octanol–water partition coefficient (Wildman–Crippen LogP) is 3.34. The van der Waals surface area contributed by atoms with Gasteiger partial charge in [0.1, 0.15) is 0 Å². The van der Waals surface area contributed by atoms with Crippen molar-refractivity contribution >= 4 is 17.5 Å². The number of carbonyl (C=O) groups is 1. The minimum absolute atomic E-state index is 0.0405. The molecule has 2 rings (SSSR count). The molecule has 5 nitrogen and oxygen atoms in total. The second-order valence-corrected chi connectivity index (χ2v) is 7.08. The maximum atomic E-state index is 12.7. The molecule has 1 heterocycles. The van der Waals surface area contributed by atoms with Crippen molar-refractivity contribution < 1.29 is 14.3 Å². The van der Waals surface area contributed by atoms with E-state index >= 15 is 0 Å². The number of halogens is 1. The average Bonchev–Trinajstić information content (AvgIpc) is 2.55. The van der Waals surface area contributed by atoms with E-state index in [1.807, 2.05) is 0 Å². The first-order valence-corrected chi connectivity index (χ1v) is 8.85. The SMILES string of the molecule is COc1cc(C(=O)N2CCCC(N)C2)cc(Cl)c1OCCC(C)C. The highest BCUT2D eigenvalue weighted by atomic mass is 35.5. The van der Waals surface area contributed by atoms with Gasteiger partial charge in [-0.25, -0.2) is 0 Å². The lowest BCUT2D eigenvalue weighted by atomic mass is 10.1. The Hall–Kier alpha value is -1.46.